The lowest BCUT2D eigenvalue weighted by Gasteiger charge is -2.49. The molecule has 3 fully saturated rings. The SMILES string of the molecule is Nc1c([N+](=O)[O-])cc2c3c(cccc13)C(=O)N(C1CN3CCC1CC3)C2=O. The van der Waals surface area contributed by atoms with E-state index in [1.54, 1.807) is 18.2 Å². The molecule has 2 N–H and O–H groups in total. The van der Waals surface area contributed by atoms with Crippen LogP contribution >= 0.6 is 0 Å². The van der Waals surface area contributed by atoms with E-state index in [0.29, 0.717) is 22.9 Å². The maximum Gasteiger partial charge on any atom is 0.293 e. The van der Waals surface area contributed by atoms with Crippen LogP contribution in [0.4, 0.5) is 11.4 Å². The highest BCUT2D eigenvalue weighted by atomic mass is 16.6. The number of nitro benzene ring substituents is 1. The molecule has 2 aromatic carbocycles. The van der Waals surface area contributed by atoms with E-state index < -0.39 is 10.8 Å². The van der Waals surface area contributed by atoms with Gasteiger partial charge in [-0.2, -0.15) is 0 Å². The second-order valence-corrected chi connectivity index (χ2v) is 7.53. The van der Waals surface area contributed by atoms with Gasteiger partial charge in [-0.3, -0.25) is 24.6 Å². The minimum atomic E-state index is -0.583. The van der Waals surface area contributed by atoms with Gasteiger partial charge in [-0.05, 0) is 37.9 Å². The lowest BCUT2D eigenvalue weighted by molar-refractivity contribution is -0.383. The third-order valence-electron chi connectivity index (χ3n) is 6.23. The normalized spacial score (nSPS) is 26.7. The fourth-order valence-electron chi connectivity index (χ4n) is 4.87. The molecule has 0 aromatic heterocycles. The van der Waals surface area contributed by atoms with Crippen LogP contribution < -0.4 is 5.73 Å². The molecule has 0 saturated carbocycles. The van der Waals surface area contributed by atoms with Crippen molar-refractivity contribution >= 4 is 34.0 Å². The molecule has 4 heterocycles. The molecule has 0 spiro atoms. The Bertz CT molecular complexity index is 1030. The Morgan fingerprint density at radius 3 is 2.44 bits per heavy atom. The van der Waals surface area contributed by atoms with Gasteiger partial charge in [0.25, 0.3) is 17.5 Å². The van der Waals surface area contributed by atoms with Crippen molar-refractivity contribution in [3.05, 3.63) is 45.5 Å². The van der Waals surface area contributed by atoms with Gasteiger partial charge in [0.15, 0.2) is 0 Å². The average Bonchev–Trinajstić information content (AvgIpc) is 2.68. The molecule has 8 nitrogen and oxygen atoms in total. The monoisotopic (exact) mass is 366 g/mol. The summed E-state index contributed by atoms with van der Waals surface area (Å²) in [5, 5.41) is 12.2. The molecule has 27 heavy (non-hydrogen) atoms. The molecule has 6 rings (SSSR count). The van der Waals surface area contributed by atoms with Crippen LogP contribution in [0.1, 0.15) is 33.6 Å². The molecule has 2 bridgehead atoms. The van der Waals surface area contributed by atoms with E-state index in [-0.39, 0.29) is 34.8 Å². The van der Waals surface area contributed by atoms with Crippen LogP contribution in [-0.2, 0) is 0 Å². The number of nitrogens with two attached hydrogens (primary N) is 1. The first-order valence-corrected chi connectivity index (χ1v) is 9.07. The van der Waals surface area contributed by atoms with Gasteiger partial charge in [0.2, 0.25) is 0 Å². The van der Waals surface area contributed by atoms with E-state index in [9.17, 15) is 19.7 Å². The zero-order valence-corrected chi connectivity index (χ0v) is 14.6. The van der Waals surface area contributed by atoms with E-state index in [4.69, 9.17) is 5.73 Å². The van der Waals surface area contributed by atoms with Crippen LogP contribution in [0, 0.1) is 16.0 Å². The van der Waals surface area contributed by atoms with Crippen molar-refractivity contribution in [1.82, 2.24) is 9.80 Å². The summed E-state index contributed by atoms with van der Waals surface area (Å²) in [6, 6.07) is 5.98. The van der Waals surface area contributed by atoms with Gasteiger partial charge in [-0.1, -0.05) is 12.1 Å². The largest absolute Gasteiger partial charge is 0.393 e. The van der Waals surface area contributed by atoms with Gasteiger partial charge < -0.3 is 10.6 Å². The number of hydrogen-bond acceptors (Lipinski definition) is 6. The number of carbonyl (C=O) groups excluding carboxylic acids is 2. The number of anilines is 1. The molecule has 0 radical (unpaired) electrons. The molecule has 3 saturated heterocycles. The van der Waals surface area contributed by atoms with Crippen LogP contribution in [-0.4, -0.2) is 52.2 Å². The molecule has 4 aliphatic rings. The number of fused-ring (bicyclic) bond motifs is 3. The van der Waals surface area contributed by atoms with Crippen molar-refractivity contribution in [2.75, 3.05) is 25.4 Å². The van der Waals surface area contributed by atoms with Crippen molar-refractivity contribution in [2.24, 2.45) is 5.92 Å². The Labute approximate surface area is 154 Å². The van der Waals surface area contributed by atoms with Crippen LogP contribution in [0.15, 0.2) is 24.3 Å². The standard InChI is InChI=1S/C19H18N4O4/c20-17-11-2-1-3-12-16(11)13(8-14(17)23(26)27)19(25)22(18(12)24)15-9-21-6-4-10(15)5-7-21/h1-3,8,10,15H,4-7,9,20H2. The molecular formula is C19H18N4O4. The number of amides is 2. The zero-order chi connectivity index (χ0) is 18.9. The lowest BCUT2D eigenvalue weighted by atomic mass is 9.81. The highest BCUT2D eigenvalue weighted by molar-refractivity contribution is 6.27. The third-order valence-corrected chi connectivity index (χ3v) is 6.23. The van der Waals surface area contributed by atoms with Gasteiger partial charge in [0.1, 0.15) is 5.69 Å². The Kier molecular flexibility index (Phi) is 3.30. The summed E-state index contributed by atoms with van der Waals surface area (Å²) in [6.07, 6.45) is 1.92. The molecule has 2 aromatic rings. The molecule has 0 aliphatic carbocycles. The third kappa shape index (κ3) is 2.13. The van der Waals surface area contributed by atoms with Crippen molar-refractivity contribution in [3.63, 3.8) is 0 Å². The quantitative estimate of drug-likeness (QED) is 0.377. The second-order valence-electron chi connectivity index (χ2n) is 7.53. The zero-order valence-electron chi connectivity index (χ0n) is 14.6. The Morgan fingerprint density at radius 1 is 1.11 bits per heavy atom. The van der Waals surface area contributed by atoms with Crippen molar-refractivity contribution in [3.8, 4) is 0 Å². The Hall–Kier alpha value is -3.00. The van der Waals surface area contributed by atoms with Crippen LogP contribution in [0.3, 0.4) is 0 Å². The van der Waals surface area contributed by atoms with E-state index in [2.05, 4.69) is 4.90 Å². The first-order valence-electron chi connectivity index (χ1n) is 9.07. The van der Waals surface area contributed by atoms with Gasteiger partial charge in [-0.25, -0.2) is 0 Å². The van der Waals surface area contributed by atoms with Crippen LogP contribution in [0.25, 0.3) is 10.8 Å². The summed E-state index contributed by atoms with van der Waals surface area (Å²) in [5.74, 6) is -0.497. The minimum Gasteiger partial charge on any atom is -0.393 e. The van der Waals surface area contributed by atoms with E-state index in [0.717, 1.165) is 25.9 Å². The molecule has 1 atom stereocenters. The Morgan fingerprint density at radius 2 is 1.81 bits per heavy atom. The van der Waals surface area contributed by atoms with Crippen molar-refractivity contribution < 1.29 is 14.5 Å². The number of nitrogen functional groups attached to an aromatic ring is 1. The number of nitrogens with zero attached hydrogens (tertiary/aromatic N) is 3. The van der Waals surface area contributed by atoms with Crippen molar-refractivity contribution in [2.45, 2.75) is 18.9 Å². The predicted octanol–water partition coefficient (Wildman–Crippen LogP) is 2.02. The molecule has 138 valence electrons. The maximum atomic E-state index is 13.3. The second kappa shape index (κ2) is 5.50. The lowest BCUT2D eigenvalue weighted by Crippen LogP contribution is -2.60. The molecule has 8 heteroatoms. The topological polar surface area (TPSA) is 110 Å². The Balaban J connectivity index is 1.71. The van der Waals surface area contributed by atoms with Crippen LogP contribution in [0.5, 0.6) is 0 Å². The number of rotatable bonds is 2. The smallest absolute Gasteiger partial charge is 0.293 e. The molecular weight excluding hydrogens is 348 g/mol. The maximum absolute atomic E-state index is 13.3. The van der Waals surface area contributed by atoms with E-state index in [1.165, 1.54) is 11.0 Å². The summed E-state index contributed by atoms with van der Waals surface area (Å²) in [6.45, 7) is 2.65. The van der Waals surface area contributed by atoms with Gasteiger partial charge >= 0.3 is 0 Å². The fourth-order valence-corrected chi connectivity index (χ4v) is 4.87. The average molecular weight is 366 g/mol. The highest BCUT2D eigenvalue weighted by Crippen LogP contribution is 2.41. The van der Waals surface area contributed by atoms with Crippen molar-refractivity contribution in [1.29, 1.82) is 0 Å². The first kappa shape index (κ1) is 16.2. The highest BCUT2D eigenvalue weighted by Gasteiger charge is 2.45. The van der Waals surface area contributed by atoms with E-state index in [1.807, 2.05) is 0 Å². The number of piperidine rings is 3. The molecule has 1 unspecified atom stereocenters. The van der Waals surface area contributed by atoms with Crippen LogP contribution in [0.2, 0.25) is 0 Å². The van der Waals surface area contributed by atoms with Gasteiger partial charge in [0.05, 0.1) is 16.5 Å². The molecule has 4 aliphatic heterocycles. The summed E-state index contributed by atoms with van der Waals surface area (Å²) < 4.78 is 0. The summed E-state index contributed by atoms with van der Waals surface area (Å²) in [4.78, 5) is 41.0. The fraction of sp³-hybridized carbons (Fsp3) is 0.368. The number of imide groups is 1. The van der Waals surface area contributed by atoms with Gasteiger partial charge in [-0.15, -0.1) is 0 Å². The predicted molar refractivity (Wildman–Crippen MR) is 98.5 cm³/mol. The first-order chi connectivity index (χ1) is 13.0. The summed E-state index contributed by atoms with van der Waals surface area (Å²) >= 11 is 0. The van der Waals surface area contributed by atoms with E-state index >= 15 is 0 Å². The summed E-state index contributed by atoms with van der Waals surface area (Å²) in [7, 11) is 0. The van der Waals surface area contributed by atoms with Gasteiger partial charge in [0, 0.05) is 28.9 Å². The molecule has 2 amide bonds. The number of nitro groups is 1. The minimum absolute atomic E-state index is 0.0162. The summed E-state index contributed by atoms with van der Waals surface area (Å²) in [5.41, 5.74) is 6.23. The number of benzene rings is 2. The number of hydrogen-bond donors (Lipinski definition) is 1. The number of carbonyl (C=O) groups is 2.